The fraction of sp³-hybridized carbons (Fsp3) is 0.263. The Labute approximate surface area is 156 Å². The molecule has 0 saturated heterocycles. The molecule has 2 heterocycles. The van der Waals surface area contributed by atoms with Gasteiger partial charge in [-0.3, -0.25) is 9.79 Å². The molecular formula is C19H22FN5O2. The van der Waals surface area contributed by atoms with E-state index in [9.17, 15) is 9.18 Å². The fourth-order valence-electron chi connectivity index (χ4n) is 2.73. The molecular weight excluding hydrogens is 349 g/mol. The maximum absolute atomic E-state index is 13.2. The SMILES string of the molecule is CN=C(NCCc1c[nH]c2cc(F)ccc12)NCC(=O)NCc1ccco1. The second kappa shape index (κ2) is 8.88. The van der Waals surface area contributed by atoms with Crippen LogP contribution < -0.4 is 16.0 Å². The van der Waals surface area contributed by atoms with Crippen molar-refractivity contribution < 1.29 is 13.6 Å². The van der Waals surface area contributed by atoms with E-state index >= 15 is 0 Å². The minimum absolute atomic E-state index is 0.104. The van der Waals surface area contributed by atoms with E-state index in [-0.39, 0.29) is 18.3 Å². The summed E-state index contributed by atoms with van der Waals surface area (Å²) in [6, 6.07) is 8.28. The van der Waals surface area contributed by atoms with Gasteiger partial charge in [0.1, 0.15) is 11.6 Å². The molecule has 27 heavy (non-hydrogen) atoms. The third-order valence-electron chi connectivity index (χ3n) is 4.10. The fourth-order valence-corrected chi connectivity index (χ4v) is 2.73. The first-order valence-corrected chi connectivity index (χ1v) is 8.65. The highest BCUT2D eigenvalue weighted by Crippen LogP contribution is 2.19. The maximum Gasteiger partial charge on any atom is 0.239 e. The van der Waals surface area contributed by atoms with Crippen molar-refractivity contribution in [2.45, 2.75) is 13.0 Å². The lowest BCUT2D eigenvalue weighted by atomic mass is 10.1. The van der Waals surface area contributed by atoms with Crippen molar-refractivity contribution in [3.8, 4) is 0 Å². The van der Waals surface area contributed by atoms with E-state index in [1.165, 1.54) is 12.1 Å². The van der Waals surface area contributed by atoms with Gasteiger partial charge >= 0.3 is 0 Å². The molecule has 0 atom stereocenters. The van der Waals surface area contributed by atoms with E-state index in [0.717, 1.165) is 22.9 Å². The predicted octanol–water partition coefficient (Wildman–Crippen LogP) is 1.92. The van der Waals surface area contributed by atoms with Crippen LogP contribution in [0.25, 0.3) is 10.9 Å². The number of amides is 1. The molecule has 0 aliphatic heterocycles. The number of H-pyrrole nitrogens is 1. The predicted molar refractivity (Wildman–Crippen MR) is 102 cm³/mol. The molecule has 142 valence electrons. The van der Waals surface area contributed by atoms with Gasteiger partial charge in [-0.25, -0.2) is 4.39 Å². The Hall–Kier alpha value is -3.29. The Morgan fingerprint density at radius 1 is 1.26 bits per heavy atom. The summed E-state index contributed by atoms with van der Waals surface area (Å²) in [7, 11) is 1.64. The quantitative estimate of drug-likeness (QED) is 0.377. The molecule has 0 spiro atoms. The largest absolute Gasteiger partial charge is 0.467 e. The summed E-state index contributed by atoms with van der Waals surface area (Å²) in [5.74, 6) is 0.815. The highest BCUT2D eigenvalue weighted by molar-refractivity contribution is 5.86. The number of aromatic amines is 1. The molecule has 0 bridgehead atoms. The molecule has 0 radical (unpaired) electrons. The van der Waals surface area contributed by atoms with Crippen LogP contribution in [0.3, 0.4) is 0 Å². The van der Waals surface area contributed by atoms with Crippen LogP contribution in [-0.2, 0) is 17.8 Å². The average molecular weight is 371 g/mol. The number of furan rings is 1. The van der Waals surface area contributed by atoms with Crippen molar-refractivity contribution in [3.05, 3.63) is 59.9 Å². The minimum Gasteiger partial charge on any atom is -0.467 e. The summed E-state index contributed by atoms with van der Waals surface area (Å²) < 4.78 is 18.4. The van der Waals surface area contributed by atoms with Crippen LogP contribution in [0.15, 0.2) is 52.2 Å². The zero-order chi connectivity index (χ0) is 19.1. The number of nitrogens with one attached hydrogen (secondary N) is 4. The number of aliphatic imine (C=N–C) groups is 1. The molecule has 3 aromatic rings. The van der Waals surface area contributed by atoms with E-state index in [4.69, 9.17) is 4.42 Å². The number of hydrogen-bond donors (Lipinski definition) is 4. The number of halogens is 1. The van der Waals surface area contributed by atoms with Crippen molar-refractivity contribution in [1.29, 1.82) is 0 Å². The van der Waals surface area contributed by atoms with Crippen LogP contribution in [0, 0.1) is 5.82 Å². The molecule has 0 aliphatic carbocycles. The van der Waals surface area contributed by atoms with E-state index < -0.39 is 0 Å². The molecule has 1 amide bonds. The van der Waals surface area contributed by atoms with Crippen molar-refractivity contribution >= 4 is 22.8 Å². The van der Waals surface area contributed by atoms with Crippen molar-refractivity contribution in [1.82, 2.24) is 20.9 Å². The van der Waals surface area contributed by atoms with Gasteiger partial charge in [-0.15, -0.1) is 0 Å². The average Bonchev–Trinajstić information content (AvgIpc) is 3.32. The number of carbonyl (C=O) groups is 1. The number of carbonyl (C=O) groups excluding carboxylic acids is 1. The molecule has 4 N–H and O–H groups in total. The van der Waals surface area contributed by atoms with Gasteiger partial charge in [-0.05, 0) is 42.3 Å². The van der Waals surface area contributed by atoms with Crippen LogP contribution in [0.1, 0.15) is 11.3 Å². The standard InChI is InChI=1S/C19H22FN5O2/c1-21-19(25-12-18(26)24-11-15-3-2-8-27-15)22-7-6-13-10-23-17-9-14(20)4-5-16(13)17/h2-5,8-10,23H,6-7,11-12H2,1H3,(H,24,26)(H2,21,22,25). The van der Waals surface area contributed by atoms with Crippen molar-refractivity contribution in [3.63, 3.8) is 0 Å². The van der Waals surface area contributed by atoms with E-state index in [1.54, 1.807) is 31.5 Å². The summed E-state index contributed by atoms with van der Waals surface area (Å²) in [6.07, 6.45) is 4.18. The van der Waals surface area contributed by atoms with Crippen molar-refractivity contribution in [2.75, 3.05) is 20.1 Å². The van der Waals surface area contributed by atoms with E-state index in [1.807, 2.05) is 6.20 Å². The molecule has 0 unspecified atom stereocenters. The van der Waals surface area contributed by atoms with Gasteiger partial charge in [0.05, 0.1) is 19.4 Å². The molecule has 7 nitrogen and oxygen atoms in total. The van der Waals surface area contributed by atoms with Gasteiger partial charge in [0, 0.05) is 30.7 Å². The zero-order valence-corrected chi connectivity index (χ0v) is 15.0. The third-order valence-corrected chi connectivity index (χ3v) is 4.10. The molecule has 8 heteroatoms. The first kappa shape index (κ1) is 18.5. The van der Waals surface area contributed by atoms with Crippen LogP contribution in [0.5, 0.6) is 0 Å². The normalized spacial score (nSPS) is 11.6. The Bertz CT molecular complexity index is 917. The minimum atomic E-state index is -0.260. The lowest BCUT2D eigenvalue weighted by Gasteiger charge is -2.11. The van der Waals surface area contributed by atoms with Gasteiger partial charge < -0.3 is 25.4 Å². The van der Waals surface area contributed by atoms with Gasteiger partial charge in [-0.2, -0.15) is 0 Å². The van der Waals surface area contributed by atoms with Gasteiger partial charge in [0.2, 0.25) is 5.91 Å². The summed E-state index contributed by atoms with van der Waals surface area (Å²) in [4.78, 5) is 19.0. The topological polar surface area (TPSA) is 94.5 Å². The van der Waals surface area contributed by atoms with Crippen LogP contribution >= 0.6 is 0 Å². The number of rotatable bonds is 7. The summed E-state index contributed by atoms with van der Waals surface area (Å²) >= 11 is 0. The van der Waals surface area contributed by atoms with Crippen LogP contribution in [0.4, 0.5) is 4.39 Å². The summed E-state index contributed by atoms with van der Waals surface area (Å²) in [6.45, 7) is 1.07. The lowest BCUT2D eigenvalue weighted by molar-refractivity contribution is -0.120. The zero-order valence-electron chi connectivity index (χ0n) is 15.0. The first-order chi connectivity index (χ1) is 13.2. The monoisotopic (exact) mass is 371 g/mol. The van der Waals surface area contributed by atoms with Gasteiger partial charge in [0.25, 0.3) is 0 Å². The molecule has 0 saturated carbocycles. The van der Waals surface area contributed by atoms with Crippen LogP contribution in [-0.4, -0.2) is 37.0 Å². The number of guanidine groups is 1. The number of fused-ring (bicyclic) bond motifs is 1. The molecule has 2 aromatic heterocycles. The highest BCUT2D eigenvalue weighted by Gasteiger charge is 2.07. The number of benzene rings is 1. The summed E-state index contributed by atoms with van der Waals surface area (Å²) in [5.41, 5.74) is 1.87. The maximum atomic E-state index is 13.2. The second-order valence-electron chi connectivity index (χ2n) is 5.96. The second-order valence-corrected chi connectivity index (χ2v) is 5.96. The number of nitrogens with zero attached hydrogens (tertiary/aromatic N) is 1. The summed E-state index contributed by atoms with van der Waals surface area (Å²) in [5, 5.41) is 9.88. The lowest BCUT2D eigenvalue weighted by Crippen LogP contribution is -2.43. The van der Waals surface area contributed by atoms with Crippen molar-refractivity contribution in [2.24, 2.45) is 4.99 Å². The Kier molecular flexibility index (Phi) is 6.09. The first-order valence-electron chi connectivity index (χ1n) is 8.65. The molecule has 3 rings (SSSR count). The van der Waals surface area contributed by atoms with E-state index in [0.29, 0.717) is 24.8 Å². The smallest absolute Gasteiger partial charge is 0.239 e. The van der Waals surface area contributed by atoms with E-state index in [2.05, 4.69) is 25.9 Å². The Morgan fingerprint density at radius 3 is 2.93 bits per heavy atom. The Morgan fingerprint density at radius 2 is 2.15 bits per heavy atom. The number of hydrogen-bond acceptors (Lipinski definition) is 3. The molecule has 1 aromatic carbocycles. The van der Waals surface area contributed by atoms with Gasteiger partial charge in [-0.1, -0.05) is 0 Å². The number of aromatic nitrogens is 1. The Balaban J connectivity index is 1.41. The van der Waals surface area contributed by atoms with Gasteiger partial charge in [0.15, 0.2) is 5.96 Å². The highest BCUT2D eigenvalue weighted by atomic mass is 19.1. The molecule has 0 aliphatic rings. The molecule has 0 fully saturated rings. The van der Waals surface area contributed by atoms with Crippen LogP contribution in [0.2, 0.25) is 0 Å². The third kappa shape index (κ3) is 5.10.